The molecule has 26 heavy (non-hydrogen) atoms. The van der Waals surface area contributed by atoms with E-state index in [1.807, 2.05) is 13.0 Å². The molecular weight excluding hydrogens is 490 g/mol. The van der Waals surface area contributed by atoms with Gasteiger partial charge in [0, 0.05) is 23.5 Å². The molecule has 0 radical (unpaired) electrons. The molecule has 3 N–H and O–H groups in total. The van der Waals surface area contributed by atoms with E-state index in [9.17, 15) is 9.50 Å². The molecule has 0 spiro atoms. The molecule has 0 aliphatic heterocycles. The Bertz CT molecular complexity index is 793. The van der Waals surface area contributed by atoms with E-state index in [1.54, 1.807) is 12.1 Å². The van der Waals surface area contributed by atoms with E-state index in [2.05, 4.69) is 15.6 Å². The predicted molar refractivity (Wildman–Crippen MR) is 114 cm³/mol. The number of guanidine groups is 1. The number of halogens is 3. The molecule has 1 aromatic heterocycles. The highest BCUT2D eigenvalue weighted by molar-refractivity contribution is 14.0. The lowest BCUT2D eigenvalue weighted by atomic mass is 10.1. The van der Waals surface area contributed by atoms with Crippen molar-refractivity contribution in [3.05, 3.63) is 56.5 Å². The first-order chi connectivity index (χ1) is 12.0. The summed E-state index contributed by atoms with van der Waals surface area (Å²) < 4.78 is 14.4. The van der Waals surface area contributed by atoms with E-state index in [1.165, 1.54) is 29.5 Å². The molecule has 0 bridgehead atoms. The van der Waals surface area contributed by atoms with E-state index >= 15 is 0 Å². The van der Waals surface area contributed by atoms with Crippen molar-refractivity contribution in [1.29, 1.82) is 5.26 Å². The Morgan fingerprint density at radius 3 is 2.77 bits per heavy atom. The molecular formula is C17H19ClFIN4OS. The summed E-state index contributed by atoms with van der Waals surface area (Å²) >= 11 is 7.18. The molecule has 2 aromatic rings. The van der Waals surface area contributed by atoms with Gasteiger partial charge >= 0.3 is 0 Å². The van der Waals surface area contributed by atoms with Crippen molar-refractivity contribution < 1.29 is 9.50 Å². The van der Waals surface area contributed by atoms with Gasteiger partial charge in [0.1, 0.15) is 11.9 Å². The summed E-state index contributed by atoms with van der Waals surface area (Å²) in [5.41, 5.74) is 0.719. The average molecular weight is 509 g/mol. The Balaban J connectivity index is 0.00000338. The summed E-state index contributed by atoms with van der Waals surface area (Å²) in [6, 6.07) is 9.64. The summed E-state index contributed by atoms with van der Waals surface area (Å²) in [7, 11) is 0. The third kappa shape index (κ3) is 6.72. The van der Waals surface area contributed by atoms with Crippen LogP contribution in [0.1, 0.15) is 29.0 Å². The molecule has 5 nitrogen and oxygen atoms in total. The zero-order chi connectivity index (χ0) is 18.2. The van der Waals surface area contributed by atoms with Gasteiger partial charge in [0.25, 0.3) is 0 Å². The second kappa shape index (κ2) is 11.3. The third-order valence-electron chi connectivity index (χ3n) is 3.31. The standard InChI is InChI=1S/C17H18ClFN4OS.HI/c1-2-21-17(23-10-14(24)15-5-6-16(18)25-15)22-9-12-7-11(8-20)3-4-13(12)19;/h3-7,14,24H,2,9-10H2,1H3,(H2,21,22,23);1H. The van der Waals surface area contributed by atoms with Crippen molar-refractivity contribution >= 4 is 52.9 Å². The first kappa shape index (κ1) is 22.6. The smallest absolute Gasteiger partial charge is 0.191 e. The predicted octanol–water partition coefficient (Wildman–Crippen LogP) is 3.82. The number of hydrogen-bond acceptors (Lipinski definition) is 4. The van der Waals surface area contributed by atoms with Crippen molar-refractivity contribution in [3.8, 4) is 6.07 Å². The number of rotatable bonds is 6. The average Bonchev–Trinajstić information content (AvgIpc) is 3.05. The highest BCUT2D eigenvalue weighted by Gasteiger charge is 2.11. The number of nitriles is 1. The highest BCUT2D eigenvalue weighted by atomic mass is 127. The quantitative estimate of drug-likeness (QED) is 0.315. The molecule has 1 aromatic carbocycles. The molecule has 1 heterocycles. The SMILES string of the molecule is CCNC(=NCc1cc(C#N)ccc1F)NCC(O)c1ccc(Cl)s1.I. The monoisotopic (exact) mass is 508 g/mol. The van der Waals surface area contributed by atoms with E-state index in [-0.39, 0.29) is 37.1 Å². The molecule has 0 saturated heterocycles. The fourth-order valence-corrected chi connectivity index (χ4v) is 3.12. The van der Waals surface area contributed by atoms with Crippen LogP contribution in [0.2, 0.25) is 4.34 Å². The lowest BCUT2D eigenvalue weighted by Gasteiger charge is -2.14. The Morgan fingerprint density at radius 1 is 1.38 bits per heavy atom. The molecule has 0 aliphatic carbocycles. The van der Waals surface area contributed by atoms with E-state index in [0.29, 0.717) is 28.0 Å². The van der Waals surface area contributed by atoms with Crippen molar-refractivity contribution in [2.45, 2.75) is 19.6 Å². The normalized spacial score (nSPS) is 12.0. The summed E-state index contributed by atoms with van der Waals surface area (Å²) in [4.78, 5) is 5.05. The van der Waals surface area contributed by atoms with Crippen LogP contribution >= 0.6 is 46.9 Å². The lowest BCUT2D eigenvalue weighted by Crippen LogP contribution is -2.39. The number of hydrogen-bond donors (Lipinski definition) is 3. The minimum Gasteiger partial charge on any atom is -0.386 e. The minimum atomic E-state index is -0.722. The lowest BCUT2D eigenvalue weighted by molar-refractivity contribution is 0.184. The van der Waals surface area contributed by atoms with Crippen molar-refractivity contribution in [1.82, 2.24) is 10.6 Å². The van der Waals surface area contributed by atoms with E-state index in [0.717, 1.165) is 4.88 Å². The van der Waals surface area contributed by atoms with Gasteiger partial charge in [0.05, 0.1) is 22.5 Å². The molecule has 0 amide bonds. The number of aliphatic hydroxyl groups excluding tert-OH is 1. The van der Waals surface area contributed by atoms with Crippen LogP contribution in [-0.2, 0) is 6.54 Å². The van der Waals surface area contributed by atoms with Gasteiger partial charge in [0.2, 0.25) is 0 Å². The highest BCUT2D eigenvalue weighted by Crippen LogP contribution is 2.26. The molecule has 2 rings (SSSR count). The Hall–Kier alpha value is -1.41. The first-order valence-electron chi connectivity index (χ1n) is 7.67. The van der Waals surface area contributed by atoms with Crippen LogP contribution in [0.4, 0.5) is 4.39 Å². The van der Waals surface area contributed by atoms with E-state index in [4.69, 9.17) is 16.9 Å². The second-order valence-corrected chi connectivity index (χ2v) is 6.90. The number of aliphatic hydroxyl groups is 1. The van der Waals surface area contributed by atoms with Gasteiger partial charge in [-0.25, -0.2) is 9.38 Å². The van der Waals surface area contributed by atoms with E-state index < -0.39 is 11.9 Å². The maximum absolute atomic E-state index is 13.8. The minimum absolute atomic E-state index is 0. The first-order valence-corrected chi connectivity index (χ1v) is 8.87. The Labute approximate surface area is 177 Å². The van der Waals surface area contributed by atoms with Crippen LogP contribution in [0.5, 0.6) is 0 Å². The van der Waals surface area contributed by atoms with Gasteiger partial charge in [-0.05, 0) is 37.3 Å². The number of benzene rings is 1. The van der Waals surface area contributed by atoms with Crippen molar-refractivity contribution in [2.75, 3.05) is 13.1 Å². The molecule has 140 valence electrons. The molecule has 1 unspecified atom stereocenters. The third-order valence-corrected chi connectivity index (χ3v) is 4.64. The molecule has 0 aliphatic rings. The fourth-order valence-electron chi connectivity index (χ4n) is 2.07. The van der Waals surface area contributed by atoms with Crippen LogP contribution in [0.15, 0.2) is 35.3 Å². The molecule has 0 saturated carbocycles. The summed E-state index contributed by atoms with van der Waals surface area (Å²) in [5, 5.41) is 25.1. The van der Waals surface area contributed by atoms with Gasteiger partial charge in [-0.2, -0.15) is 5.26 Å². The zero-order valence-corrected chi connectivity index (χ0v) is 17.9. The maximum atomic E-state index is 13.8. The largest absolute Gasteiger partial charge is 0.386 e. The van der Waals surface area contributed by atoms with Gasteiger partial charge in [-0.15, -0.1) is 35.3 Å². The summed E-state index contributed by atoms with van der Waals surface area (Å²) in [5.74, 6) is 0.0397. The van der Waals surface area contributed by atoms with Gasteiger partial charge in [-0.3, -0.25) is 0 Å². The van der Waals surface area contributed by atoms with Crippen LogP contribution in [0.3, 0.4) is 0 Å². The molecule has 9 heteroatoms. The molecule has 0 fully saturated rings. The van der Waals surface area contributed by atoms with Gasteiger partial charge in [0.15, 0.2) is 5.96 Å². The Kier molecular flexibility index (Phi) is 9.87. The van der Waals surface area contributed by atoms with Crippen LogP contribution in [-0.4, -0.2) is 24.2 Å². The van der Waals surface area contributed by atoms with Crippen LogP contribution in [0.25, 0.3) is 0 Å². The Morgan fingerprint density at radius 2 is 2.15 bits per heavy atom. The zero-order valence-electron chi connectivity index (χ0n) is 14.0. The van der Waals surface area contributed by atoms with Crippen LogP contribution < -0.4 is 10.6 Å². The summed E-state index contributed by atoms with van der Waals surface area (Å²) in [6.45, 7) is 2.85. The number of aliphatic imine (C=N–C) groups is 1. The number of nitrogens with one attached hydrogen (secondary N) is 2. The van der Waals surface area contributed by atoms with Crippen molar-refractivity contribution in [2.24, 2.45) is 4.99 Å². The molecule has 1 atom stereocenters. The van der Waals surface area contributed by atoms with Crippen molar-refractivity contribution in [3.63, 3.8) is 0 Å². The number of nitrogens with zero attached hydrogens (tertiary/aromatic N) is 2. The second-order valence-electron chi connectivity index (χ2n) is 5.15. The van der Waals surface area contributed by atoms with Gasteiger partial charge in [-0.1, -0.05) is 11.6 Å². The summed E-state index contributed by atoms with van der Waals surface area (Å²) in [6.07, 6.45) is -0.722. The topological polar surface area (TPSA) is 80.4 Å². The van der Waals surface area contributed by atoms with Gasteiger partial charge < -0.3 is 15.7 Å². The maximum Gasteiger partial charge on any atom is 0.191 e. The number of thiophene rings is 1. The fraction of sp³-hybridized carbons (Fsp3) is 0.294. The van der Waals surface area contributed by atoms with Crippen LogP contribution in [0, 0.1) is 17.1 Å².